The van der Waals surface area contributed by atoms with Crippen molar-refractivity contribution in [1.82, 2.24) is 0 Å². The fourth-order valence-electron chi connectivity index (χ4n) is 3.12. The first-order chi connectivity index (χ1) is 15.4. The predicted octanol–water partition coefficient (Wildman–Crippen LogP) is 5.51. The zero-order valence-corrected chi connectivity index (χ0v) is 18.2. The number of phenolic OH excluding ortho intramolecular Hbond substituents is 1. The Morgan fingerprint density at radius 1 is 0.719 bits per heavy atom. The van der Waals surface area contributed by atoms with Crippen LogP contribution in [0.4, 0.5) is 0 Å². The zero-order chi connectivity index (χ0) is 23.1. The van der Waals surface area contributed by atoms with Crippen LogP contribution >= 0.6 is 0 Å². The monoisotopic (exact) mass is 428 g/mol. The number of allylic oxidation sites excluding steroid dienone is 2. The first-order valence-electron chi connectivity index (χ1n) is 9.98. The van der Waals surface area contributed by atoms with Gasteiger partial charge in [0.05, 0.1) is 14.2 Å². The molecule has 0 saturated carbocycles. The molecular formula is C27H24O5. The van der Waals surface area contributed by atoms with Crippen LogP contribution in [-0.4, -0.2) is 30.9 Å². The van der Waals surface area contributed by atoms with E-state index >= 15 is 0 Å². The van der Waals surface area contributed by atoms with Crippen LogP contribution in [0.5, 0.6) is 17.2 Å². The molecule has 0 unspecified atom stereocenters. The highest BCUT2D eigenvalue weighted by Crippen LogP contribution is 2.27. The molecule has 0 aliphatic heterocycles. The number of ketones is 2. The van der Waals surface area contributed by atoms with Gasteiger partial charge in [0.15, 0.2) is 11.6 Å². The second-order valence-corrected chi connectivity index (χ2v) is 7.14. The van der Waals surface area contributed by atoms with E-state index in [0.29, 0.717) is 33.8 Å². The van der Waals surface area contributed by atoms with Gasteiger partial charge in [0.1, 0.15) is 17.2 Å². The van der Waals surface area contributed by atoms with Gasteiger partial charge in [-0.15, -0.1) is 0 Å². The van der Waals surface area contributed by atoms with Crippen molar-refractivity contribution in [2.45, 2.75) is 6.92 Å². The molecule has 3 aromatic rings. The summed E-state index contributed by atoms with van der Waals surface area (Å²) in [7, 11) is 3.13. The molecule has 32 heavy (non-hydrogen) atoms. The van der Waals surface area contributed by atoms with Gasteiger partial charge in [0.2, 0.25) is 0 Å². The maximum atomic E-state index is 12.4. The third-order valence-corrected chi connectivity index (χ3v) is 4.89. The Kier molecular flexibility index (Phi) is 7.24. The molecular weight excluding hydrogens is 404 g/mol. The first-order valence-corrected chi connectivity index (χ1v) is 9.98. The van der Waals surface area contributed by atoms with Gasteiger partial charge in [0, 0.05) is 22.3 Å². The minimum atomic E-state index is -0.194. The number of benzene rings is 3. The Hall–Kier alpha value is -4.12. The Morgan fingerprint density at radius 2 is 1.09 bits per heavy atom. The summed E-state index contributed by atoms with van der Waals surface area (Å²) in [5.74, 6) is 0.943. The van der Waals surface area contributed by atoms with Crippen LogP contribution in [0.3, 0.4) is 0 Å². The number of hydrogen-bond acceptors (Lipinski definition) is 5. The van der Waals surface area contributed by atoms with E-state index in [1.54, 1.807) is 87.0 Å². The number of hydrogen-bond donors (Lipinski definition) is 1. The predicted molar refractivity (Wildman–Crippen MR) is 126 cm³/mol. The number of ether oxygens (including phenoxy) is 2. The first kappa shape index (κ1) is 22.6. The molecule has 5 heteroatoms. The van der Waals surface area contributed by atoms with E-state index in [4.69, 9.17) is 9.47 Å². The number of aromatic hydroxyl groups is 1. The van der Waals surface area contributed by atoms with Crippen LogP contribution in [0.2, 0.25) is 0 Å². The van der Waals surface area contributed by atoms with Crippen molar-refractivity contribution in [1.29, 1.82) is 0 Å². The second kappa shape index (κ2) is 10.3. The van der Waals surface area contributed by atoms with E-state index in [1.807, 2.05) is 6.92 Å². The fourth-order valence-corrected chi connectivity index (χ4v) is 3.12. The van der Waals surface area contributed by atoms with E-state index in [-0.39, 0.29) is 17.3 Å². The van der Waals surface area contributed by atoms with Crippen molar-refractivity contribution in [3.05, 3.63) is 101 Å². The van der Waals surface area contributed by atoms with Gasteiger partial charge in [-0.1, -0.05) is 0 Å². The SMILES string of the molecule is COc1ccc(C(=O)/C=C/c2cc(C)cc(/C=C/C(=O)c3ccc(OC)cc3)c2O)cc1. The van der Waals surface area contributed by atoms with Gasteiger partial charge in [-0.2, -0.15) is 0 Å². The number of carbonyl (C=O) groups excluding carboxylic acids is 2. The van der Waals surface area contributed by atoms with E-state index < -0.39 is 0 Å². The van der Waals surface area contributed by atoms with Crippen LogP contribution in [0.25, 0.3) is 12.2 Å². The molecule has 0 aliphatic rings. The summed E-state index contributed by atoms with van der Waals surface area (Å²) >= 11 is 0. The molecule has 0 bridgehead atoms. The van der Waals surface area contributed by atoms with Crippen molar-refractivity contribution in [3.8, 4) is 17.2 Å². The van der Waals surface area contributed by atoms with Crippen LogP contribution in [0, 0.1) is 6.92 Å². The van der Waals surface area contributed by atoms with Crippen molar-refractivity contribution >= 4 is 23.7 Å². The summed E-state index contributed by atoms with van der Waals surface area (Å²) in [6.45, 7) is 1.88. The summed E-state index contributed by atoms with van der Waals surface area (Å²) in [5, 5.41) is 10.7. The van der Waals surface area contributed by atoms with Crippen molar-refractivity contribution < 1.29 is 24.2 Å². The van der Waals surface area contributed by atoms with Crippen LogP contribution < -0.4 is 9.47 Å². The molecule has 3 rings (SSSR count). The molecule has 0 saturated heterocycles. The molecule has 0 atom stereocenters. The Morgan fingerprint density at radius 3 is 1.44 bits per heavy atom. The van der Waals surface area contributed by atoms with Gasteiger partial charge >= 0.3 is 0 Å². The maximum absolute atomic E-state index is 12.4. The number of phenols is 1. The third kappa shape index (κ3) is 5.52. The van der Waals surface area contributed by atoms with Gasteiger partial charge in [-0.3, -0.25) is 9.59 Å². The van der Waals surface area contributed by atoms with Crippen LogP contribution in [0.1, 0.15) is 37.4 Å². The molecule has 0 heterocycles. The lowest BCUT2D eigenvalue weighted by atomic mass is 10.0. The summed E-state index contributed by atoms with van der Waals surface area (Å²) in [6.07, 6.45) is 5.95. The van der Waals surface area contributed by atoms with Crippen molar-refractivity contribution in [3.63, 3.8) is 0 Å². The highest BCUT2D eigenvalue weighted by atomic mass is 16.5. The molecule has 0 spiro atoms. The fraction of sp³-hybridized carbons (Fsp3) is 0.111. The molecule has 162 valence electrons. The summed E-state index contributed by atoms with van der Waals surface area (Å²) in [4.78, 5) is 24.9. The summed E-state index contributed by atoms with van der Waals surface area (Å²) in [5.41, 5.74) is 2.89. The highest BCUT2D eigenvalue weighted by molar-refractivity contribution is 6.08. The molecule has 5 nitrogen and oxygen atoms in total. The topological polar surface area (TPSA) is 72.8 Å². The van der Waals surface area contributed by atoms with Gasteiger partial charge in [-0.05, 0) is 97.5 Å². The zero-order valence-electron chi connectivity index (χ0n) is 18.2. The Balaban J connectivity index is 1.79. The van der Waals surface area contributed by atoms with Crippen molar-refractivity contribution in [2.75, 3.05) is 14.2 Å². The van der Waals surface area contributed by atoms with E-state index in [0.717, 1.165) is 5.56 Å². The lowest BCUT2D eigenvalue weighted by Crippen LogP contribution is -1.95. The van der Waals surface area contributed by atoms with Gasteiger partial charge < -0.3 is 14.6 Å². The second-order valence-electron chi connectivity index (χ2n) is 7.14. The molecule has 0 radical (unpaired) electrons. The third-order valence-electron chi connectivity index (χ3n) is 4.89. The summed E-state index contributed by atoms with van der Waals surface area (Å²) < 4.78 is 10.2. The average Bonchev–Trinajstić information content (AvgIpc) is 2.83. The molecule has 0 fully saturated rings. The van der Waals surface area contributed by atoms with Crippen molar-refractivity contribution in [2.24, 2.45) is 0 Å². The quantitative estimate of drug-likeness (QED) is 0.378. The Bertz CT molecular complexity index is 1080. The lowest BCUT2D eigenvalue weighted by molar-refractivity contribution is 0.103. The number of rotatable bonds is 8. The normalized spacial score (nSPS) is 11.1. The smallest absolute Gasteiger partial charge is 0.185 e. The molecule has 3 aromatic carbocycles. The summed E-state index contributed by atoms with van der Waals surface area (Å²) in [6, 6.07) is 17.1. The number of aryl methyl sites for hydroxylation is 1. The lowest BCUT2D eigenvalue weighted by Gasteiger charge is -2.06. The van der Waals surface area contributed by atoms with E-state index in [1.165, 1.54) is 12.2 Å². The number of methoxy groups -OCH3 is 2. The van der Waals surface area contributed by atoms with Crippen LogP contribution in [-0.2, 0) is 0 Å². The minimum absolute atomic E-state index is 0.00633. The minimum Gasteiger partial charge on any atom is -0.507 e. The van der Waals surface area contributed by atoms with E-state index in [9.17, 15) is 14.7 Å². The maximum Gasteiger partial charge on any atom is 0.185 e. The molecule has 0 amide bonds. The standard InChI is InChI=1S/C27H24O5/c1-18-16-21(8-14-25(28)19-4-10-23(31-2)11-5-19)27(30)22(17-18)9-15-26(29)20-6-12-24(32-3)13-7-20/h4-17,30H,1-3H3/b14-8+,15-9+. The van der Waals surface area contributed by atoms with Crippen LogP contribution in [0.15, 0.2) is 72.8 Å². The number of carbonyl (C=O) groups is 2. The van der Waals surface area contributed by atoms with Gasteiger partial charge in [-0.25, -0.2) is 0 Å². The van der Waals surface area contributed by atoms with E-state index in [2.05, 4.69) is 0 Å². The highest BCUT2D eigenvalue weighted by Gasteiger charge is 2.08. The largest absolute Gasteiger partial charge is 0.507 e. The molecule has 1 N–H and O–H groups in total. The molecule has 0 aromatic heterocycles. The average molecular weight is 428 g/mol. The molecule has 0 aliphatic carbocycles. The van der Waals surface area contributed by atoms with Gasteiger partial charge in [0.25, 0.3) is 0 Å². The Labute approximate surface area is 187 Å².